The Kier molecular flexibility index (Phi) is 4.93. The van der Waals surface area contributed by atoms with Gasteiger partial charge in [-0.05, 0) is 55.3 Å². The number of aryl methyl sites for hydroxylation is 2. The minimum absolute atomic E-state index is 0.260. The normalized spacial score (nSPS) is 12.9. The van der Waals surface area contributed by atoms with Crippen LogP contribution in [-0.4, -0.2) is 15.7 Å². The number of benzene rings is 2. The fourth-order valence-electron chi connectivity index (χ4n) is 3.05. The Bertz CT molecular complexity index is 1040. The number of carbonyl (C=O) groups is 1. The molecule has 0 saturated heterocycles. The lowest BCUT2D eigenvalue weighted by molar-refractivity contribution is 0.102. The van der Waals surface area contributed by atoms with Crippen LogP contribution in [0.5, 0.6) is 0 Å². The van der Waals surface area contributed by atoms with Crippen molar-refractivity contribution in [2.75, 3.05) is 5.32 Å². The van der Waals surface area contributed by atoms with Crippen molar-refractivity contribution in [1.82, 2.24) is 9.78 Å². The van der Waals surface area contributed by atoms with Gasteiger partial charge >= 0.3 is 0 Å². The zero-order valence-electron chi connectivity index (χ0n) is 14.8. The Labute approximate surface area is 171 Å². The molecular weight excluding hydrogens is 401 g/mol. The highest BCUT2D eigenvalue weighted by molar-refractivity contribution is 7.98. The second-order valence-electron chi connectivity index (χ2n) is 6.56. The van der Waals surface area contributed by atoms with E-state index in [1.165, 1.54) is 11.1 Å². The Morgan fingerprint density at radius 2 is 1.81 bits per heavy atom. The molecule has 7 heteroatoms. The Balaban J connectivity index is 1.75. The summed E-state index contributed by atoms with van der Waals surface area (Å²) in [6.07, 6.45) is 0. The zero-order valence-corrected chi connectivity index (χ0v) is 17.2. The number of hydrogen-bond acceptors (Lipinski definition) is 3. The van der Waals surface area contributed by atoms with Crippen molar-refractivity contribution in [1.29, 1.82) is 0 Å². The molecule has 0 fully saturated rings. The Morgan fingerprint density at radius 1 is 1.07 bits per heavy atom. The summed E-state index contributed by atoms with van der Waals surface area (Å²) in [6, 6.07) is 11.0. The van der Waals surface area contributed by atoms with E-state index in [4.69, 9.17) is 28.3 Å². The fourth-order valence-corrected chi connectivity index (χ4v) is 4.61. The molecule has 0 radical (unpaired) electrons. The summed E-state index contributed by atoms with van der Waals surface area (Å²) < 4.78 is 1.82. The van der Waals surface area contributed by atoms with E-state index in [0.717, 1.165) is 28.5 Å². The van der Waals surface area contributed by atoms with Crippen LogP contribution in [0.25, 0.3) is 5.69 Å². The first kappa shape index (κ1) is 18.4. The van der Waals surface area contributed by atoms with E-state index in [2.05, 4.69) is 31.3 Å². The van der Waals surface area contributed by atoms with Crippen LogP contribution in [0.15, 0.2) is 36.4 Å². The average Bonchev–Trinajstić information content (AvgIpc) is 3.19. The largest absolute Gasteiger partial charge is 0.306 e. The quantitative estimate of drug-likeness (QED) is 0.585. The van der Waals surface area contributed by atoms with E-state index in [9.17, 15) is 4.79 Å². The van der Waals surface area contributed by atoms with Gasteiger partial charge in [0, 0.05) is 32.7 Å². The number of carbonyl (C=O) groups excluding carboxylic acids is 1. The predicted molar refractivity (Wildman–Crippen MR) is 112 cm³/mol. The van der Waals surface area contributed by atoms with Crippen LogP contribution in [0.4, 0.5) is 5.82 Å². The molecule has 0 bridgehead atoms. The monoisotopic (exact) mass is 417 g/mol. The molecule has 1 aromatic heterocycles. The highest BCUT2D eigenvalue weighted by Crippen LogP contribution is 2.36. The van der Waals surface area contributed by atoms with Crippen molar-refractivity contribution in [3.8, 4) is 5.69 Å². The van der Waals surface area contributed by atoms with Crippen LogP contribution in [0.2, 0.25) is 10.0 Å². The molecule has 2 aromatic carbocycles. The lowest BCUT2D eigenvalue weighted by atomic mass is 10.1. The third-order valence-corrected chi connectivity index (χ3v) is 6.05. The highest BCUT2D eigenvalue weighted by atomic mass is 35.5. The summed E-state index contributed by atoms with van der Waals surface area (Å²) in [5.74, 6) is 2.12. The summed E-state index contributed by atoms with van der Waals surface area (Å²) in [4.78, 5) is 12.8. The summed E-state index contributed by atoms with van der Waals surface area (Å²) in [7, 11) is 0. The lowest BCUT2D eigenvalue weighted by Gasteiger charge is -2.12. The van der Waals surface area contributed by atoms with Gasteiger partial charge in [0.25, 0.3) is 5.91 Å². The molecule has 0 unspecified atom stereocenters. The number of aromatic nitrogens is 2. The highest BCUT2D eigenvalue weighted by Gasteiger charge is 2.25. The number of hydrogen-bond donors (Lipinski definition) is 1. The van der Waals surface area contributed by atoms with E-state index in [1.54, 1.807) is 30.0 Å². The minimum Gasteiger partial charge on any atom is -0.306 e. The van der Waals surface area contributed by atoms with Gasteiger partial charge in [0.05, 0.1) is 11.4 Å². The van der Waals surface area contributed by atoms with Gasteiger partial charge in [-0.2, -0.15) is 16.9 Å². The van der Waals surface area contributed by atoms with Gasteiger partial charge in [-0.1, -0.05) is 29.3 Å². The van der Waals surface area contributed by atoms with Gasteiger partial charge in [-0.3, -0.25) is 4.79 Å². The number of amides is 1. The summed E-state index contributed by atoms with van der Waals surface area (Å²) in [5.41, 5.74) is 5.82. The van der Waals surface area contributed by atoms with Gasteiger partial charge in [0.1, 0.15) is 5.82 Å². The number of thioether (sulfide) groups is 1. The van der Waals surface area contributed by atoms with Crippen LogP contribution in [0, 0.1) is 13.8 Å². The third-order valence-electron chi connectivity index (χ3n) is 4.64. The van der Waals surface area contributed by atoms with Gasteiger partial charge < -0.3 is 5.32 Å². The molecule has 0 atom stereocenters. The molecule has 0 aliphatic carbocycles. The maximum atomic E-state index is 12.8. The maximum Gasteiger partial charge on any atom is 0.256 e. The van der Waals surface area contributed by atoms with Crippen molar-refractivity contribution in [3.63, 3.8) is 0 Å². The summed E-state index contributed by atoms with van der Waals surface area (Å²) in [6.45, 7) is 4.14. The molecular formula is C20H17Cl2N3OS. The van der Waals surface area contributed by atoms with Gasteiger partial charge in [0.2, 0.25) is 0 Å². The number of nitrogens with one attached hydrogen (secondary N) is 1. The topological polar surface area (TPSA) is 46.9 Å². The number of rotatable bonds is 3. The summed E-state index contributed by atoms with van der Waals surface area (Å²) in [5, 5.41) is 8.62. The second-order valence-corrected chi connectivity index (χ2v) is 8.42. The molecule has 4 rings (SSSR count). The van der Waals surface area contributed by atoms with Crippen molar-refractivity contribution in [2.45, 2.75) is 25.4 Å². The fraction of sp³-hybridized carbons (Fsp3) is 0.200. The number of anilines is 1. The average molecular weight is 418 g/mol. The molecule has 1 aliphatic rings. The van der Waals surface area contributed by atoms with E-state index in [0.29, 0.717) is 21.4 Å². The van der Waals surface area contributed by atoms with Crippen LogP contribution >= 0.6 is 35.0 Å². The standard InChI is InChI=1S/C20H17Cl2N3OS/c1-11-3-4-16(5-12(11)2)25-19(17-9-27-10-18(17)24-25)23-20(26)13-6-14(21)8-15(22)7-13/h3-8H,9-10H2,1-2H3,(H,23,26). The van der Waals surface area contributed by atoms with Crippen molar-refractivity contribution in [2.24, 2.45) is 0 Å². The van der Waals surface area contributed by atoms with Crippen LogP contribution in [0.1, 0.15) is 32.7 Å². The third kappa shape index (κ3) is 3.59. The first-order valence-corrected chi connectivity index (χ1v) is 10.4. The van der Waals surface area contributed by atoms with Crippen molar-refractivity contribution < 1.29 is 4.79 Å². The molecule has 4 nitrogen and oxygen atoms in total. The lowest BCUT2D eigenvalue weighted by Crippen LogP contribution is -2.16. The van der Waals surface area contributed by atoms with Crippen LogP contribution < -0.4 is 5.32 Å². The smallest absolute Gasteiger partial charge is 0.256 e. The van der Waals surface area contributed by atoms with E-state index in [1.807, 2.05) is 10.7 Å². The predicted octanol–water partition coefficient (Wildman–Crippen LogP) is 5.80. The number of fused-ring (bicyclic) bond motifs is 1. The summed E-state index contributed by atoms with van der Waals surface area (Å²) >= 11 is 13.9. The molecule has 27 heavy (non-hydrogen) atoms. The SMILES string of the molecule is Cc1ccc(-n2nc3c(c2NC(=O)c2cc(Cl)cc(Cl)c2)CSC3)cc1C. The van der Waals surface area contributed by atoms with E-state index in [-0.39, 0.29) is 5.91 Å². The molecule has 1 N–H and O–H groups in total. The van der Waals surface area contributed by atoms with Crippen LogP contribution in [0.3, 0.4) is 0 Å². The first-order valence-electron chi connectivity index (χ1n) is 8.46. The molecule has 1 amide bonds. The minimum atomic E-state index is -0.260. The van der Waals surface area contributed by atoms with Gasteiger partial charge in [-0.25, -0.2) is 4.68 Å². The van der Waals surface area contributed by atoms with E-state index >= 15 is 0 Å². The maximum absolute atomic E-state index is 12.8. The first-order chi connectivity index (χ1) is 12.9. The number of nitrogens with zero attached hydrogens (tertiary/aromatic N) is 2. The van der Waals surface area contributed by atoms with Gasteiger partial charge in [-0.15, -0.1) is 0 Å². The van der Waals surface area contributed by atoms with Gasteiger partial charge in [0.15, 0.2) is 0 Å². The Morgan fingerprint density at radius 3 is 2.52 bits per heavy atom. The van der Waals surface area contributed by atoms with Crippen LogP contribution in [-0.2, 0) is 11.5 Å². The second kappa shape index (κ2) is 7.23. The Hall–Kier alpha value is -1.95. The van der Waals surface area contributed by atoms with Crippen molar-refractivity contribution >= 4 is 46.7 Å². The molecule has 1 aliphatic heterocycles. The molecule has 138 valence electrons. The molecule has 0 saturated carbocycles. The molecule has 0 spiro atoms. The molecule has 2 heterocycles. The molecule has 3 aromatic rings. The number of halogens is 2. The van der Waals surface area contributed by atoms with Crippen molar-refractivity contribution in [3.05, 3.63) is 74.4 Å². The zero-order chi connectivity index (χ0) is 19.1. The van der Waals surface area contributed by atoms with E-state index < -0.39 is 0 Å².